The zero-order chi connectivity index (χ0) is 17.1. The highest BCUT2D eigenvalue weighted by Gasteiger charge is 2.16. The van der Waals surface area contributed by atoms with E-state index in [4.69, 9.17) is 27.9 Å². The van der Waals surface area contributed by atoms with Gasteiger partial charge in [0.15, 0.2) is 6.10 Å². The third kappa shape index (κ3) is 4.36. The predicted molar refractivity (Wildman–Crippen MR) is 91.1 cm³/mol. The number of aryl methyl sites for hydroxylation is 2. The lowest BCUT2D eigenvalue weighted by Gasteiger charge is -2.16. The molecule has 1 atom stereocenters. The van der Waals surface area contributed by atoms with Crippen LogP contribution in [0, 0.1) is 19.7 Å². The van der Waals surface area contributed by atoms with Crippen molar-refractivity contribution in [1.29, 1.82) is 0 Å². The van der Waals surface area contributed by atoms with Crippen molar-refractivity contribution in [3.63, 3.8) is 0 Å². The maximum Gasteiger partial charge on any atom is 0.265 e. The van der Waals surface area contributed by atoms with Crippen LogP contribution in [0.3, 0.4) is 0 Å². The fraction of sp³-hybridized carbons (Fsp3) is 0.235. The molecule has 122 valence electrons. The zero-order valence-corrected chi connectivity index (χ0v) is 14.4. The monoisotopic (exact) mass is 355 g/mol. The molecule has 23 heavy (non-hydrogen) atoms. The second kappa shape index (κ2) is 7.20. The lowest BCUT2D eigenvalue weighted by molar-refractivity contribution is -0.122. The molecule has 0 spiro atoms. The summed E-state index contributed by atoms with van der Waals surface area (Å²) in [5, 5.41) is 3.25. The Kier molecular flexibility index (Phi) is 5.50. The smallest absolute Gasteiger partial charge is 0.265 e. The molecule has 1 amide bonds. The Morgan fingerprint density at radius 2 is 1.78 bits per heavy atom. The van der Waals surface area contributed by atoms with E-state index < -0.39 is 11.9 Å². The maximum atomic E-state index is 13.1. The van der Waals surface area contributed by atoms with Crippen molar-refractivity contribution in [2.24, 2.45) is 0 Å². The van der Waals surface area contributed by atoms with Crippen LogP contribution in [0.15, 0.2) is 30.3 Å². The summed E-state index contributed by atoms with van der Waals surface area (Å²) in [5.41, 5.74) is 2.15. The number of nitrogens with one attached hydrogen (secondary N) is 1. The Bertz CT molecular complexity index is 726. The van der Waals surface area contributed by atoms with E-state index in [2.05, 4.69) is 5.32 Å². The van der Waals surface area contributed by atoms with E-state index in [0.29, 0.717) is 16.5 Å². The highest BCUT2D eigenvalue weighted by molar-refractivity contribution is 6.32. The average molecular weight is 356 g/mol. The molecule has 0 saturated heterocycles. The quantitative estimate of drug-likeness (QED) is 0.822. The lowest BCUT2D eigenvalue weighted by atomic mass is 10.1. The van der Waals surface area contributed by atoms with Crippen molar-refractivity contribution >= 4 is 34.8 Å². The normalized spacial score (nSPS) is 11.9. The van der Waals surface area contributed by atoms with Crippen LogP contribution in [0.5, 0.6) is 5.75 Å². The molecule has 2 rings (SSSR count). The summed E-state index contributed by atoms with van der Waals surface area (Å²) < 4.78 is 18.8. The van der Waals surface area contributed by atoms with Crippen molar-refractivity contribution in [3.8, 4) is 5.75 Å². The highest BCUT2D eigenvalue weighted by Crippen LogP contribution is 2.26. The van der Waals surface area contributed by atoms with Gasteiger partial charge >= 0.3 is 0 Å². The SMILES string of the molecule is Cc1cc(O[C@@H](C)C(=O)Nc2ccc(F)c(Cl)c2)cc(C)c1Cl. The molecule has 2 aromatic rings. The van der Waals surface area contributed by atoms with Crippen LogP contribution in [-0.2, 0) is 4.79 Å². The number of anilines is 1. The molecular formula is C17H16Cl2FNO2. The summed E-state index contributed by atoms with van der Waals surface area (Å²) in [6.07, 6.45) is -0.737. The first-order valence-electron chi connectivity index (χ1n) is 6.97. The Balaban J connectivity index is 2.06. The fourth-order valence-corrected chi connectivity index (χ4v) is 2.34. The van der Waals surface area contributed by atoms with Crippen LogP contribution in [-0.4, -0.2) is 12.0 Å². The van der Waals surface area contributed by atoms with Gasteiger partial charge in [0.25, 0.3) is 5.91 Å². The van der Waals surface area contributed by atoms with Gasteiger partial charge in [-0.15, -0.1) is 0 Å². The first-order valence-corrected chi connectivity index (χ1v) is 7.73. The van der Waals surface area contributed by atoms with Gasteiger partial charge in [0, 0.05) is 10.7 Å². The molecule has 0 saturated carbocycles. The lowest BCUT2D eigenvalue weighted by Crippen LogP contribution is -2.30. The van der Waals surface area contributed by atoms with Crippen LogP contribution < -0.4 is 10.1 Å². The summed E-state index contributed by atoms with van der Waals surface area (Å²) in [6, 6.07) is 7.51. The molecule has 1 N–H and O–H groups in total. The maximum absolute atomic E-state index is 13.1. The molecule has 0 unspecified atom stereocenters. The van der Waals surface area contributed by atoms with E-state index in [0.717, 1.165) is 11.1 Å². The molecule has 0 aromatic heterocycles. The van der Waals surface area contributed by atoms with Gasteiger partial charge in [-0.25, -0.2) is 4.39 Å². The summed E-state index contributed by atoms with van der Waals surface area (Å²) >= 11 is 11.8. The van der Waals surface area contributed by atoms with Crippen molar-refractivity contribution in [2.75, 3.05) is 5.32 Å². The summed E-state index contributed by atoms with van der Waals surface area (Å²) in [4.78, 5) is 12.2. The van der Waals surface area contributed by atoms with Crippen molar-refractivity contribution in [1.82, 2.24) is 0 Å². The average Bonchev–Trinajstić information content (AvgIpc) is 2.48. The molecular weight excluding hydrogens is 340 g/mol. The first kappa shape index (κ1) is 17.6. The third-order valence-corrected chi connectivity index (χ3v) is 4.17. The van der Waals surface area contributed by atoms with Crippen molar-refractivity contribution < 1.29 is 13.9 Å². The molecule has 0 fully saturated rings. The number of carbonyl (C=O) groups is 1. The van der Waals surface area contributed by atoms with E-state index in [-0.39, 0.29) is 10.9 Å². The number of rotatable bonds is 4. The molecule has 0 radical (unpaired) electrons. The van der Waals surface area contributed by atoms with Gasteiger partial charge in [-0.2, -0.15) is 0 Å². The topological polar surface area (TPSA) is 38.3 Å². The number of carbonyl (C=O) groups excluding carboxylic acids is 1. The molecule has 3 nitrogen and oxygen atoms in total. The van der Waals surface area contributed by atoms with E-state index in [1.165, 1.54) is 18.2 Å². The minimum Gasteiger partial charge on any atom is -0.481 e. The number of amides is 1. The predicted octanol–water partition coefficient (Wildman–Crippen LogP) is 5.16. The Hall–Kier alpha value is -1.78. The van der Waals surface area contributed by atoms with E-state index in [9.17, 15) is 9.18 Å². The van der Waals surface area contributed by atoms with Gasteiger partial charge in [-0.05, 0) is 62.2 Å². The minimum atomic E-state index is -0.737. The van der Waals surface area contributed by atoms with Crippen LogP contribution >= 0.6 is 23.2 Å². The minimum absolute atomic E-state index is 0.0553. The number of hydrogen-bond donors (Lipinski definition) is 1. The first-order chi connectivity index (χ1) is 10.8. The molecule has 2 aromatic carbocycles. The second-order valence-electron chi connectivity index (χ2n) is 5.25. The third-order valence-electron chi connectivity index (χ3n) is 3.28. The van der Waals surface area contributed by atoms with Gasteiger partial charge in [-0.3, -0.25) is 4.79 Å². The van der Waals surface area contributed by atoms with Gasteiger partial charge in [0.1, 0.15) is 11.6 Å². The largest absolute Gasteiger partial charge is 0.481 e. The molecule has 0 heterocycles. The zero-order valence-electron chi connectivity index (χ0n) is 12.9. The Labute approximate surface area is 144 Å². The number of halogens is 3. The van der Waals surface area contributed by atoms with Crippen LogP contribution in [0.2, 0.25) is 10.0 Å². The van der Waals surface area contributed by atoms with E-state index in [1.807, 2.05) is 13.8 Å². The van der Waals surface area contributed by atoms with E-state index >= 15 is 0 Å². The molecule has 0 aliphatic heterocycles. The van der Waals surface area contributed by atoms with Gasteiger partial charge in [0.05, 0.1) is 5.02 Å². The van der Waals surface area contributed by atoms with Crippen LogP contribution in [0.1, 0.15) is 18.1 Å². The van der Waals surface area contributed by atoms with E-state index in [1.54, 1.807) is 19.1 Å². The van der Waals surface area contributed by atoms with Gasteiger partial charge < -0.3 is 10.1 Å². The second-order valence-corrected chi connectivity index (χ2v) is 6.03. The Morgan fingerprint density at radius 3 is 2.35 bits per heavy atom. The van der Waals surface area contributed by atoms with Crippen molar-refractivity contribution in [3.05, 3.63) is 57.3 Å². The highest BCUT2D eigenvalue weighted by atomic mass is 35.5. The molecule has 0 aliphatic rings. The number of ether oxygens (including phenoxy) is 1. The fourth-order valence-electron chi connectivity index (χ4n) is 2.05. The van der Waals surface area contributed by atoms with Crippen LogP contribution in [0.4, 0.5) is 10.1 Å². The summed E-state index contributed by atoms with van der Waals surface area (Å²) in [6.45, 7) is 5.36. The molecule has 6 heteroatoms. The van der Waals surface area contributed by atoms with Gasteiger partial charge in [-0.1, -0.05) is 23.2 Å². The van der Waals surface area contributed by atoms with Gasteiger partial charge in [0.2, 0.25) is 0 Å². The summed E-state index contributed by atoms with van der Waals surface area (Å²) in [7, 11) is 0. The standard InChI is InChI=1S/C17H16Cl2FNO2/c1-9-6-13(7-10(2)16(9)19)23-11(3)17(22)21-12-4-5-15(20)14(18)8-12/h4-8,11H,1-3H3,(H,21,22)/t11-/m0/s1. The number of benzene rings is 2. The summed E-state index contributed by atoms with van der Waals surface area (Å²) in [5.74, 6) is -0.344. The number of hydrogen-bond acceptors (Lipinski definition) is 2. The Morgan fingerprint density at radius 1 is 1.17 bits per heavy atom. The molecule has 0 bridgehead atoms. The van der Waals surface area contributed by atoms with Crippen LogP contribution in [0.25, 0.3) is 0 Å². The molecule has 0 aliphatic carbocycles. The van der Waals surface area contributed by atoms with Crippen molar-refractivity contribution in [2.45, 2.75) is 26.9 Å².